The van der Waals surface area contributed by atoms with Gasteiger partial charge in [-0.2, -0.15) is 0 Å². The van der Waals surface area contributed by atoms with Crippen LogP contribution in [0.1, 0.15) is 25.3 Å². The predicted octanol–water partition coefficient (Wildman–Crippen LogP) is 4.46. The van der Waals surface area contributed by atoms with Crippen LogP contribution in [0.2, 0.25) is 0 Å². The SMILES string of the molecule is CC(C1CC1)N(Cc1ccccc1)C(=O)CSc1nnc(-c2cccs2)n1C. The summed E-state index contributed by atoms with van der Waals surface area (Å²) in [6.45, 7) is 2.84. The Balaban J connectivity index is 1.44. The molecular weight excluding hydrogens is 388 g/mol. The fourth-order valence-corrected chi connectivity index (χ4v) is 4.88. The summed E-state index contributed by atoms with van der Waals surface area (Å²) in [7, 11) is 1.95. The van der Waals surface area contributed by atoms with E-state index in [0.717, 1.165) is 15.9 Å². The molecule has 0 aliphatic heterocycles. The molecule has 0 N–H and O–H groups in total. The lowest BCUT2D eigenvalue weighted by Crippen LogP contribution is -2.40. The van der Waals surface area contributed by atoms with Crippen molar-refractivity contribution in [3.05, 3.63) is 53.4 Å². The van der Waals surface area contributed by atoms with Gasteiger partial charge in [0.25, 0.3) is 0 Å². The number of thiophene rings is 1. The van der Waals surface area contributed by atoms with Crippen LogP contribution in [0, 0.1) is 5.92 Å². The molecule has 1 aromatic carbocycles. The molecule has 2 heterocycles. The summed E-state index contributed by atoms with van der Waals surface area (Å²) in [4.78, 5) is 16.2. The lowest BCUT2D eigenvalue weighted by Gasteiger charge is -2.29. The first kappa shape index (κ1) is 19.2. The van der Waals surface area contributed by atoms with E-state index in [1.54, 1.807) is 11.3 Å². The van der Waals surface area contributed by atoms with Gasteiger partial charge in [-0.25, -0.2) is 0 Å². The Morgan fingerprint density at radius 2 is 2.04 bits per heavy atom. The highest BCUT2D eigenvalue weighted by Gasteiger charge is 2.34. The van der Waals surface area contributed by atoms with Gasteiger partial charge < -0.3 is 9.47 Å². The van der Waals surface area contributed by atoms with Crippen molar-refractivity contribution in [2.45, 2.75) is 37.5 Å². The largest absolute Gasteiger partial charge is 0.335 e. The van der Waals surface area contributed by atoms with Gasteiger partial charge in [0.15, 0.2) is 11.0 Å². The number of hydrogen-bond donors (Lipinski definition) is 0. The summed E-state index contributed by atoms with van der Waals surface area (Å²) in [6.07, 6.45) is 2.45. The lowest BCUT2D eigenvalue weighted by atomic mass is 10.1. The highest BCUT2D eigenvalue weighted by Crippen LogP contribution is 2.36. The van der Waals surface area contributed by atoms with Crippen molar-refractivity contribution in [2.75, 3.05) is 5.75 Å². The predicted molar refractivity (Wildman–Crippen MR) is 114 cm³/mol. The highest BCUT2D eigenvalue weighted by atomic mass is 32.2. The molecule has 4 rings (SSSR count). The third-order valence-electron chi connectivity index (χ3n) is 5.21. The number of carbonyl (C=O) groups is 1. The fraction of sp³-hybridized carbons (Fsp3) is 0.381. The quantitative estimate of drug-likeness (QED) is 0.513. The summed E-state index contributed by atoms with van der Waals surface area (Å²) in [5, 5.41) is 11.4. The number of thioether (sulfide) groups is 1. The van der Waals surface area contributed by atoms with Crippen LogP contribution in [-0.4, -0.2) is 37.4 Å². The first-order chi connectivity index (χ1) is 13.6. The molecule has 146 valence electrons. The van der Waals surface area contributed by atoms with Crippen molar-refractivity contribution in [1.82, 2.24) is 19.7 Å². The van der Waals surface area contributed by atoms with E-state index in [2.05, 4.69) is 29.3 Å². The van der Waals surface area contributed by atoms with Crippen molar-refractivity contribution >= 4 is 29.0 Å². The van der Waals surface area contributed by atoms with E-state index in [1.807, 2.05) is 52.2 Å². The van der Waals surface area contributed by atoms with Gasteiger partial charge in [0.2, 0.25) is 5.91 Å². The Morgan fingerprint density at radius 3 is 2.71 bits per heavy atom. The third kappa shape index (κ3) is 4.31. The average Bonchev–Trinajstić information content (AvgIpc) is 3.30. The highest BCUT2D eigenvalue weighted by molar-refractivity contribution is 7.99. The standard InChI is InChI=1S/C21H24N4OS2/c1-15(17-10-11-17)25(13-16-7-4-3-5-8-16)19(26)14-28-21-23-22-20(24(21)2)18-9-6-12-27-18/h3-9,12,15,17H,10-11,13-14H2,1-2H3. The monoisotopic (exact) mass is 412 g/mol. The van der Waals surface area contributed by atoms with E-state index < -0.39 is 0 Å². The van der Waals surface area contributed by atoms with E-state index in [-0.39, 0.29) is 11.9 Å². The normalized spacial score (nSPS) is 14.8. The molecule has 28 heavy (non-hydrogen) atoms. The van der Waals surface area contributed by atoms with Gasteiger partial charge >= 0.3 is 0 Å². The van der Waals surface area contributed by atoms with Gasteiger partial charge in [0, 0.05) is 19.6 Å². The molecule has 1 amide bonds. The van der Waals surface area contributed by atoms with Gasteiger partial charge in [0.1, 0.15) is 0 Å². The van der Waals surface area contributed by atoms with Gasteiger partial charge in [-0.3, -0.25) is 4.79 Å². The molecular formula is C21H24N4OS2. The van der Waals surface area contributed by atoms with Crippen LogP contribution in [0.15, 0.2) is 53.0 Å². The van der Waals surface area contributed by atoms with Crippen LogP contribution in [-0.2, 0) is 18.4 Å². The molecule has 3 aromatic rings. The number of hydrogen-bond acceptors (Lipinski definition) is 5. The molecule has 1 saturated carbocycles. The third-order valence-corrected chi connectivity index (χ3v) is 7.08. The minimum Gasteiger partial charge on any atom is -0.335 e. The second kappa shape index (κ2) is 8.49. The minimum atomic E-state index is 0.161. The fourth-order valence-electron chi connectivity index (χ4n) is 3.34. The van der Waals surface area contributed by atoms with E-state index in [9.17, 15) is 4.79 Å². The first-order valence-corrected chi connectivity index (χ1v) is 11.4. The molecule has 1 aliphatic rings. The Labute approximate surface area is 173 Å². The van der Waals surface area contributed by atoms with Crippen LogP contribution in [0.5, 0.6) is 0 Å². The average molecular weight is 413 g/mol. The molecule has 0 saturated heterocycles. The van der Waals surface area contributed by atoms with Gasteiger partial charge in [-0.15, -0.1) is 21.5 Å². The smallest absolute Gasteiger partial charge is 0.233 e. The molecule has 0 spiro atoms. The zero-order chi connectivity index (χ0) is 19.5. The zero-order valence-corrected chi connectivity index (χ0v) is 17.7. The van der Waals surface area contributed by atoms with Crippen molar-refractivity contribution in [3.63, 3.8) is 0 Å². The topological polar surface area (TPSA) is 51.0 Å². The van der Waals surface area contributed by atoms with Gasteiger partial charge in [-0.1, -0.05) is 48.2 Å². The molecule has 1 atom stereocenters. The molecule has 1 unspecified atom stereocenters. The van der Waals surface area contributed by atoms with E-state index in [1.165, 1.54) is 30.2 Å². The van der Waals surface area contributed by atoms with Crippen LogP contribution in [0.4, 0.5) is 0 Å². The van der Waals surface area contributed by atoms with Crippen molar-refractivity contribution in [3.8, 4) is 10.7 Å². The minimum absolute atomic E-state index is 0.161. The Morgan fingerprint density at radius 1 is 1.25 bits per heavy atom. The zero-order valence-electron chi connectivity index (χ0n) is 16.1. The number of carbonyl (C=O) groups excluding carboxylic acids is 1. The maximum Gasteiger partial charge on any atom is 0.233 e. The maximum atomic E-state index is 13.1. The van der Waals surface area contributed by atoms with E-state index in [4.69, 9.17) is 0 Å². The number of benzene rings is 1. The first-order valence-electron chi connectivity index (χ1n) is 9.53. The van der Waals surface area contributed by atoms with Crippen molar-refractivity contribution < 1.29 is 4.79 Å². The molecule has 5 nitrogen and oxygen atoms in total. The summed E-state index contributed by atoms with van der Waals surface area (Å²) >= 11 is 3.10. The number of aromatic nitrogens is 3. The van der Waals surface area contributed by atoms with E-state index in [0.29, 0.717) is 18.2 Å². The van der Waals surface area contributed by atoms with Gasteiger partial charge in [-0.05, 0) is 42.7 Å². The number of nitrogens with zero attached hydrogens (tertiary/aromatic N) is 4. The van der Waals surface area contributed by atoms with Gasteiger partial charge in [0.05, 0.1) is 10.6 Å². The van der Waals surface area contributed by atoms with Crippen molar-refractivity contribution in [1.29, 1.82) is 0 Å². The summed E-state index contributed by atoms with van der Waals surface area (Å²) in [6, 6.07) is 14.6. The maximum absolute atomic E-state index is 13.1. The summed E-state index contributed by atoms with van der Waals surface area (Å²) in [5.74, 6) is 2.02. The molecule has 1 aliphatic carbocycles. The van der Waals surface area contributed by atoms with Crippen LogP contribution < -0.4 is 0 Å². The second-order valence-corrected chi connectivity index (χ2v) is 9.11. The Hall–Kier alpha value is -2.12. The van der Waals surface area contributed by atoms with E-state index >= 15 is 0 Å². The Bertz CT molecular complexity index is 919. The van der Waals surface area contributed by atoms with Crippen LogP contribution in [0.25, 0.3) is 10.7 Å². The van der Waals surface area contributed by atoms with Crippen molar-refractivity contribution in [2.24, 2.45) is 13.0 Å². The number of rotatable bonds is 8. The summed E-state index contributed by atoms with van der Waals surface area (Å²) < 4.78 is 1.97. The second-order valence-electron chi connectivity index (χ2n) is 7.22. The Kier molecular flexibility index (Phi) is 5.82. The summed E-state index contributed by atoms with van der Waals surface area (Å²) in [5.41, 5.74) is 1.17. The molecule has 2 aromatic heterocycles. The molecule has 0 radical (unpaired) electrons. The van der Waals surface area contributed by atoms with Crippen LogP contribution in [0.3, 0.4) is 0 Å². The number of amides is 1. The molecule has 7 heteroatoms. The molecule has 0 bridgehead atoms. The molecule has 1 fully saturated rings. The van der Waals surface area contributed by atoms with Crippen LogP contribution >= 0.6 is 23.1 Å². The lowest BCUT2D eigenvalue weighted by molar-refractivity contribution is -0.131.